The van der Waals surface area contributed by atoms with Crippen molar-refractivity contribution in [3.8, 4) is 5.75 Å². The van der Waals surface area contributed by atoms with Gasteiger partial charge in [-0.2, -0.15) is 0 Å². The molecule has 2 aliphatic rings. The van der Waals surface area contributed by atoms with Crippen LogP contribution in [0.3, 0.4) is 0 Å². The van der Waals surface area contributed by atoms with Crippen LogP contribution in [0.1, 0.15) is 41.4 Å². The molecule has 5 aromatic rings. The van der Waals surface area contributed by atoms with Gasteiger partial charge in [0.15, 0.2) is 11.2 Å². The van der Waals surface area contributed by atoms with Crippen LogP contribution in [0.15, 0.2) is 100 Å². The van der Waals surface area contributed by atoms with Crippen molar-refractivity contribution in [2.45, 2.75) is 38.8 Å². The summed E-state index contributed by atoms with van der Waals surface area (Å²) in [5.74, 6) is -0.280. The predicted molar refractivity (Wildman–Crippen MR) is 192 cm³/mol. The largest absolute Gasteiger partial charge is 0.494 e. The summed E-state index contributed by atoms with van der Waals surface area (Å²) in [4.78, 5) is 59.2. The first-order valence-electron chi connectivity index (χ1n) is 17.2. The second-order valence-corrected chi connectivity index (χ2v) is 12.8. The molecule has 0 unspecified atom stereocenters. The van der Waals surface area contributed by atoms with Crippen LogP contribution in [0.25, 0.3) is 21.7 Å². The van der Waals surface area contributed by atoms with Crippen LogP contribution in [0.2, 0.25) is 0 Å². The van der Waals surface area contributed by atoms with E-state index in [2.05, 4.69) is 22.3 Å². The zero-order chi connectivity index (χ0) is 34.6. The number of anilines is 1. The molecule has 0 radical (unpaired) electrons. The summed E-state index contributed by atoms with van der Waals surface area (Å²) < 4.78 is 11.4. The molecule has 4 aromatic carbocycles. The van der Waals surface area contributed by atoms with Crippen molar-refractivity contribution in [2.75, 3.05) is 44.2 Å². The summed E-state index contributed by atoms with van der Waals surface area (Å²) in [7, 11) is 0. The molecule has 0 aliphatic carbocycles. The number of nitrogens with one attached hydrogen (secondary N) is 1. The first-order valence-corrected chi connectivity index (χ1v) is 17.2. The van der Waals surface area contributed by atoms with Crippen LogP contribution in [0.5, 0.6) is 5.75 Å². The highest BCUT2D eigenvalue weighted by molar-refractivity contribution is 5.97. The highest BCUT2D eigenvalue weighted by Gasteiger charge is 2.31. The minimum Gasteiger partial charge on any atom is -0.494 e. The van der Waals surface area contributed by atoms with Gasteiger partial charge in [-0.25, -0.2) is 0 Å². The Balaban J connectivity index is 1.10. The smallest absolute Gasteiger partial charge is 0.287 e. The van der Waals surface area contributed by atoms with Crippen molar-refractivity contribution >= 4 is 45.2 Å². The van der Waals surface area contributed by atoms with E-state index in [1.54, 1.807) is 23.1 Å². The van der Waals surface area contributed by atoms with E-state index in [0.29, 0.717) is 56.9 Å². The monoisotopic (exact) mass is 672 g/mol. The van der Waals surface area contributed by atoms with E-state index < -0.39 is 11.9 Å². The minimum absolute atomic E-state index is 0.166. The van der Waals surface area contributed by atoms with Gasteiger partial charge in [0.1, 0.15) is 17.4 Å². The van der Waals surface area contributed by atoms with Gasteiger partial charge in [-0.1, -0.05) is 60.7 Å². The van der Waals surface area contributed by atoms with Crippen LogP contribution in [-0.4, -0.2) is 72.9 Å². The van der Waals surface area contributed by atoms with Crippen molar-refractivity contribution in [1.29, 1.82) is 0 Å². The molecule has 3 amide bonds. The molecular formula is C40H40N4O6. The van der Waals surface area contributed by atoms with Crippen molar-refractivity contribution in [2.24, 2.45) is 0 Å². The Morgan fingerprint density at radius 2 is 1.64 bits per heavy atom. The van der Waals surface area contributed by atoms with E-state index >= 15 is 0 Å². The lowest BCUT2D eigenvalue weighted by molar-refractivity contribution is -0.133. The molecule has 7 rings (SSSR count). The number of rotatable bonds is 10. The van der Waals surface area contributed by atoms with Crippen LogP contribution >= 0.6 is 0 Å². The summed E-state index contributed by atoms with van der Waals surface area (Å²) in [6.07, 6.45) is 1.75. The van der Waals surface area contributed by atoms with E-state index in [-0.39, 0.29) is 35.0 Å². The van der Waals surface area contributed by atoms with Crippen LogP contribution < -0.4 is 20.4 Å². The Labute approximate surface area is 290 Å². The zero-order valence-electron chi connectivity index (χ0n) is 28.1. The van der Waals surface area contributed by atoms with E-state index in [4.69, 9.17) is 9.15 Å². The lowest BCUT2D eigenvalue weighted by Crippen LogP contribution is -2.55. The van der Waals surface area contributed by atoms with Gasteiger partial charge in [0.05, 0.1) is 12.0 Å². The van der Waals surface area contributed by atoms with Crippen molar-refractivity contribution in [3.05, 3.63) is 118 Å². The topological polar surface area (TPSA) is 112 Å². The maximum Gasteiger partial charge on any atom is 0.287 e. The van der Waals surface area contributed by atoms with Crippen molar-refractivity contribution in [1.82, 2.24) is 15.1 Å². The molecule has 2 fully saturated rings. The van der Waals surface area contributed by atoms with Gasteiger partial charge in [-0.05, 0) is 59.5 Å². The van der Waals surface area contributed by atoms with Gasteiger partial charge < -0.3 is 29.2 Å². The highest BCUT2D eigenvalue weighted by atomic mass is 16.5. The first-order chi connectivity index (χ1) is 24.4. The Hall–Kier alpha value is -5.64. The molecule has 10 heteroatoms. The maximum absolute atomic E-state index is 14.2. The highest BCUT2D eigenvalue weighted by Crippen LogP contribution is 2.26. The number of piperazine rings is 1. The second-order valence-electron chi connectivity index (χ2n) is 12.8. The number of para-hydroxylation sites is 1. The average Bonchev–Trinajstić information content (AvgIpc) is 3.55. The zero-order valence-corrected chi connectivity index (χ0v) is 28.1. The lowest BCUT2D eigenvalue weighted by Gasteiger charge is -2.38. The Morgan fingerprint density at radius 3 is 2.42 bits per heavy atom. The molecule has 1 aromatic heterocycles. The number of hydrogen-bond donors (Lipinski definition) is 1. The molecule has 50 heavy (non-hydrogen) atoms. The van der Waals surface area contributed by atoms with Gasteiger partial charge in [-0.15, -0.1) is 0 Å². The van der Waals surface area contributed by atoms with Crippen LogP contribution in [0.4, 0.5) is 5.69 Å². The molecule has 2 saturated heterocycles. The number of nitrogens with zero attached hydrogens (tertiary/aromatic N) is 3. The normalized spacial score (nSPS) is 15.5. The summed E-state index contributed by atoms with van der Waals surface area (Å²) in [6, 6.07) is 27.3. The second kappa shape index (κ2) is 14.5. The fourth-order valence-corrected chi connectivity index (χ4v) is 6.95. The van der Waals surface area contributed by atoms with E-state index in [9.17, 15) is 19.2 Å². The number of hydrogen-bond acceptors (Lipinski definition) is 7. The number of amides is 3. The third-order valence-electron chi connectivity index (χ3n) is 9.55. The fraction of sp³-hybridized carbons (Fsp3) is 0.300. The molecule has 1 N–H and O–H groups in total. The number of fused-ring (bicyclic) bond motifs is 2. The molecule has 3 heterocycles. The molecule has 0 saturated carbocycles. The number of ether oxygens (including phenoxy) is 1. The van der Waals surface area contributed by atoms with Crippen LogP contribution in [-0.2, 0) is 22.6 Å². The van der Waals surface area contributed by atoms with Gasteiger partial charge in [0, 0.05) is 63.9 Å². The van der Waals surface area contributed by atoms with Gasteiger partial charge in [0.2, 0.25) is 11.8 Å². The lowest BCUT2D eigenvalue weighted by atomic mass is 10.0. The third-order valence-corrected chi connectivity index (χ3v) is 9.55. The summed E-state index contributed by atoms with van der Waals surface area (Å²) in [5.41, 5.74) is 2.94. The number of likely N-dealkylation sites (tertiary alicyclic amines) is 1. The van der Waals surface area contributed by atoms with Gasteiger partial charge >= 0.3 is 0 Å². The molecule has 0 bridgehead atoms. The van der Waals surface area contributed by atoms with Crippen molar-refractivity contribution in [3.63, 3.8) is 0 Å². The van der Waals surface area contributed by atoms with Crippen LogP contribution in [0, 0.1) is 0 Å². The average molecular weight is 673 g/mol. The first kappa shape index (κ1) is 32.9. The summed E-state index contributed by atoms with van der Waals surface area (Å²) in [6.45, 7) is 5.81. The fourth-order valence-electron chi connectivity index (χ4n) is 6.95. The molecular weight excluding hydrogens is 632 g/mol. The molecule has 1 atom stereocenters. The SMILES string of the molecule is CCOc1ccc2oc(C(=O)N[C@H](Cc3ccc4ccccc4c3)C(=O)N3CCN(c4ccccc4CN4CCCC4=O)CC3)cc(=O)c2c1. The van der Waals surface area contributed by atoms with E-state index in [1.165, 1.54) is 0 Å². The van der Waals surface area contributed by atoms with Gasteiger partial charge in [0.25, 0.3) is 5.91 Å². The Kier molecular flexibility index (Phi) is 9.51. The predicted octanol–water partition coefficient (Wildman–Crippen LogP) is 5.16. The van der Waals surface area contributed by atoms with Crippen molar-refractivity contribution < 1.29 is 23.5 Å². The molecule has 256 valence electrons. The number of carbonyl (C=O) groups excluding carboxylic acids is 3. The number of carbonyl (C=O) groups is 3. The number of benzene rings is 4. The Bertz CT molecular complexity index is 2120. The standard InChI is InChI=1S/C40H40N4O6/c1-2-49-31-15-16-36-32(24-31)35(45)25-37(50-36)39(47)41-33(23-27-13-14-28-8-3-4-9-29(28)22-27)40(48)43-20-18-42(19-21-43)34-11-6-5-10-30(34)26-44-17-7-12-38(44)46/h3-6,8-11,13-16,22,24-25,33H,2,7,12,17-21,23,26H2,1H3,(H,41,47)/t33-/m1/s1. The Morgan fingerprint density at radius 1 is 0.860 bits per heavy atom. The molecule has 0 spiro atoms. The molecule has 2 aliphatic heterocycles. The van der Waals surface area contributed by atoms with Gasteiger partial charge in [-0.3, -0.25) is 19.2 Å². The van der Waals surface area contributed by atoms with E-state index in [0.717, 1.165) is 46.6 Å². The summed E-state index contributed by atoms with van der Waals surface area (Å²) in [5, 5.41) is 5.34. The third kappa shape index (κ3) is 7.05. The van der Waals surface area contributed by atoms with E-state index in [1.807, 2.05) is 66.4 Å². The molecule has 10 nitrogen and oxygen atoms in total. The summed E-state index contributed by atoms with van der Waals surface area (Å²) >= 11 is 0. The maximum atomic E-state index is 14.2. The minimum atomic E-state index is -0.898. The quantitative estimate of drug-likeness (QED) is 0.218.